The van der Waals surface area contributed by atoms with E-state index in [0.717, 1.165) is 4.90 Å². The third kappa shape index (κ3) is 1.87. The quantitative estimate of drug-likeness (QED) is 0.543. The topological polar surface area (TPSA) is 12.5 Å². The van der Waals surface area contributed by atoms with Crippen LogP contribution in [0.5, 0.6) is 0 Å². The van der Waals surface area contributed by atoms with Crippen LogP contribution in [0.15, 0.2) is 0 Å². The molecule has 0 unspecified atom stereocenters. The van der Waals surface area contributed by atoms with E-state index >= 15 is 0 Å². The zero-order valence-electron chi connectivity index (χ0n) is 6.81. The van der Waals surface area contributed by atoms with Crippen molar-refractivity contribution in [2.45, 2.75) is 25.9 Å². The first-order valence-electron chi connectivity index (χ1n) is 3.76. The highest BCUT2D eigenvalue weighted by Crippen LogP contribution is 2.25. The lowest BCUT2D eigenvalue weighted by molar-refractivity contribution is -0.228. The maximum Gasteiger partial charge on any atom is 0.328 e. The molecule has 0 atom stereocenters. The van der Waals surface area contributed by atoms with Gasteiger partial charge in [-0.15, -0.1) is 0 Å². The summed E-state index contributed by atoms with van der Waals surface area (Å²) in [6.07, 6.45) is 0. The SMILES string of the molecule is CC(C)N1CCOCC1(F)F. The highest BCUT2D eigenvalue weighted by molar-refractivity contribution is 4.76. The van der Waals surface area contributed by atoms with Gasteiger partial charge in [-0.05, 0) is 13.8 Å². The summed E-state index contributed by atoms with van der Waals surface area (Å²) < 4.78 is 30.5. The maximum absolute atomic E-state index is 12.9. The average molecular weight is 165 g/mol. The van der Waals surface area contributed by atoms with Gasteiger partial charge >= 0.3 is 6.05 Å². The Hall–Kier alpha value is -0.220. The van der Waals surface area contributed by atoms with Crippen molar-refractivity contribution < 1.29 is 13.5 Å². The summed E-state index contributed by atoms with van der Waals surface area (Å²) in [6, 6.07) is -2.89. The number of rotatable bonds is 1. The molecule has 0 N–H and O–H groups in total. The summed E-state index contributed by atoms with van der Waals surface area (Å²) in [5.74, 6) is 0. The van der Waals surface area contributed by atoms with Crippen LogP contribution in [0.1, 0.15) is 13.8 Å². The molecule has 1 aliphatic heterocycles. The normalized spacial score (nSPS) is 25.9. The molecule has 4 heteroatoms. The van der Waals surface area contributed by atoms with Crippen LogP contribution in [0.3, 0.4) is 0 Å². The predicted octanol–water partition coefficient (Wildman–Crippen LogP) is 1.32. The van der Waals surface area contributed by atoms with E-state index < -0.39 is 12.7 Å². The average Bonchev–Trinajstić information content (AvgIpc) is 1.85. The lowest BCUT2D eigenvalue weighted by atomic mass is 10.3. The van der Waals surface area contributed by atoms with Crippen LogP contribution in [0.25, 0.3) is 0 Å². The largest absolute Gasteiger partial charge is 0.372 e. The fourth-order valence-corrected chi connectivity index (χ4v) is 1.24. The van der Waals surface area contributed by atoms with Gasteiger partial charge in [0.2, 0.25) is 0 Å². The molecule has 1 rings (SSSR count). The molecule has 1 heterocycles. The summed E-state index contributed by atoms with van der Waals surface area (Å²) >= 11 is 0. The Kier molecular flexibility index (Phi) is 2.44. The van der Waals surface area contributed by atoms with Crippen molar-refractivity contribution in [1.82, 2.24) is 4.90 Å². The Morgan fingerprint density at radius 2 is 2.09 bits per heavy atom. The van der Waals surface area contributed by atoms with E-state index in [-0.39, 0.29) is 6.04 Å². The molecule has 0 aromatic heterocycles. The minimum Gasteiger partial charge on any atom is -0.372 e. The van der Waals surface area contributed by atoms with Crippen molar-refractivity contribution in [2.75, 3.05) is 19.8 Å². The maximum atomic E-state index is 12.9. The lowest BCUT2D eigenvalue weighted by Gasteiger charge is -2.37. The highest BCUT2D eigenvalue weighted by Gasteiger charge is 2.41. The molecule has 0 amide bonds. The van der Waals surface area contributed by atoms with Gasteiger partial charge in [0.05, 0.1) is 6.61 Å². The van der Waals surface area contributed by atoms with Crippen LogP contribution in [0.2, 0.25) is 0 Å². The van der Waals surface area contributed by atoms with Crippen molar-refractivity contribution >= 4 is 0 Å². The molecule has 0 spiro atoms. The number of hydrogen-bond acceptors (Lipinski definition) is 2. The van der Waals surface area contributed by atoms with Crippen molar-refractivity contribution in [3.63, 3.8) is 0 Å². The number of morpholine rings is 1. The molecular formula is C7H13F2NO. The summed E-state index contributed by atoms with van der Waals surface area (Å²) in [5.41, 5.74) is 0. The number of nitrogens with zero attached hydrogens (tertiary/aromatic N) is 1. The molecule has 0 saturated carbocycles. The standard InChI is InChI=1S/C7H13F2NO/c1-6(2)10-3-4-11-5-7(10,8)9/h6H,3-5H2,1-2H3. The number of alkyl halides is 2. The molecule has 0 radical (unpaired) electrons. The second kappa shape index (κ2) is 3.03. The summed E-state index contributed by atoms with van der Waals surface area (Å²) in [5, 5.41) is 0. The van der Waals surface area contributed by atoms with Crippen LogP contribution < -0.4 is 0 Å². The summed E-state index contributed by atoms with van der Waals surface area (Å²) in [7, 11) is 0. The lowest BCUT2D eigenvalue weighted by Crippen LogP contribution is -2.53. The first-order chi connectivity index (χ1) is 5.04. The number of halogens is 2. The van der Waals surface area contributed by atoms with Gasteiger partial charge in [0.25, 0.3) is 0 Å². The smallest absolute Gasteiger partial charge is 0.328 e. The first kappa shape index (κ1) is 8.87. The van der Waals surface area contributed by atoms with Gasteiger partial charge in [0.15, 0.2) is 0 Å². The Balaban J connectivity index is 2.60. The van der Waals surface area contributed by atoms with E-state index in [9.17, 15) is 8.78 Å². The van der Waals surface area contributed by atoms with Gasteiger partial charge in [0.1, 0.15) is 6.61 Å². The molecule has 2 nitrogen and oxygen atoms in total. The monoisotopic (exact) mass is 165 g/mol. The van der Waals surface area contributed by atoms with Crippen molar-refractivity contribution in [3.05, 3.63) is 0 Å². The second-order valence-electron chi connectivity index (χ2n) is 3.01. The number of hydrogen-bond donors (Lipinski definition) is 0. The molecule has 1 saturated heterocycles. The van der Waals surface area contributed by atoms with E-state index in [1.807, 2.05) is 0 Å². The van der Waals surface area contributed by atoms with Gasteiger partial charge in [-0.25, -0.2) is 4.90 Å². The van der Waals surface area contributed by atoms with E-state index in [2.05, 4.69) is 4.74 Å². The Bertz CT molecular complexity index is 138. The van der Waals surface area contributed by atoms with Crippen LogP contribution in [-0.4, -0.2) is 36.7 Å². The summed E-state index contributed by atoms with van der Waals surface area (Å²) in [4.78, 5) is 1.16. The van der Waals surface area contributed by atoms with Crippen LogP contribution in [0.4, 0.5) is 8.78 Å². The van der Waals surface area contributed by atoms with Gasteiger partial charge in [-0.2, -0.15) is 8.78 Å². The van der Waals surface area contributed by atoms with Crippen LogP contribution in [0, 0.1) is 0 Å². The third-order valence-corrected chi connectivity index (χ3v) is 1.80. The molecule has 1 fully saturated rings. The molecule has 66 valence electrons. The fraction of sp³-hybridized carbons (Fsp3) is 1.00. The van der Waals surface area contributed by atoms with Crippen molar-refractivity contribution in [3.8, 4) is 0 Å². The van der Waals surface area contributed by atoms with E-state index in [0.29, 0.717) is 13.2 Å². The Labute approximate surface area is 65.1 Å². The number of ether oxygens (including phenoxy) is 1. The summed E-state index contributed by atoms with van der Waals surface area (Å²) in [6.45, 7) is 3.79. The van der Waals surface area contributed by atoms with Crippen molar-refractivity contribution in [2.24, 2.45) is 0 Å². The zero-order valence-corrected chi connectivity index (χ0v) is 6.81. The van der Waals surface area contributed by atoms with E-state index in [1.165, 1.54) is 0 Å². The Morgan fingerprint density at radius 1 is 1.45 bits per heavy atom. The molecule has 0 aliphatic carbocycles. The van der Waals surface area contributed by atoms with Gasteiger partial charge in [0, 0.05) is 12.6 Å². The minimum absolute atomic E-state index is 0.117. The molecular weight excluding hydrogens is 152 g/mol. The minimum atomic E-state index is -2.77. The van der Waals surface area contributed by atoms with Gasteiger partial charge in [-0.1, -0.05) is 0 Å². The van der Waals surface area contributed by atoms with Crippen molar-refractivity contribution in [1.29, 1.82) is 0 Å². The van der Waals surface area contributed by atoms with E-state index in [1.54, 1.807) is 13.8 Å². The molecule has 0 aromatic carbocycles. The zero-order chi connectivity index (χ0) is 8.48. The Morgan fingerprint density at radius 3 is 2.45 bits per heavy atom. The fourth-order valence-electron chi connectivity index (χ4n) is 1.24. The molecule has 11 heavy (non-hydrogen) atoms. The van der Waals surface area contributed by atoms with E-state index in [4.69, 9.17) is 0 Å². The van der Waals surface area contributed by atoms with Gasteiger partial charge in [-0.3, -0.25) is 0 Å². The highest BCUT2D eigenvalue weighted by atomic mass is 19.3. The van der Waals surface area contributed by atoms with Crippen LogP contribution >= 0.6 is 0 Å². The van der Waals surface area contributed by atoms with Gasteiger partial charge < -0.3 is 4.74 Å². The molecule has 0 bridgehead atoms. The molecule has 0 aromatic rings. The molecule has 1 aliphatic rings. The first-order valence-corrected chi connectivity index (χ1v) is 3.76. The van der Waals surface area contributed by atoms with Crippen LogP contribution in [-0.2, 0) is 4.74 Å². The predicted molar refractivity (Wildman–Crippen MR) is 37.6 cm³/mol. The second-order valence-corrected chi connectivity index (χ2v) is 3.01. The third-order valence-electron chi connectivity index (χ3n) is 1.80.